The highest BCUT2D eigenvalue weighted by Gasteiger charge is 2.08. The maximum Gasteiger partial charge on any atom is 0.101 e. The summed E-state index contributed by atoms with van der Waals surface area (Å²) >= 11 is 5.94. The van der Waals surface area contributed by atoms with Crippen molar-refractivity contribution in [1.29, 1.82) is 10.5 Å². The van der Waals surface area contributed by atoms with Crippen molar-refractivity contribution in [2.45, 2.75) is 6.92 Å². The number of benzene rings is 2. The summed E-state index contributed by atoms with van der Waals surface area (Å²) in [6.07, 6.45) is 0. The fourth-order valence-electron chi connectivity index (χ4n) is 1.78. The van der Waals surface area contributed by atoms with Crippen LogP contribution in [0.5, 0.6) is 0 Å². The van der Waals surface area contributed by atoms with Crippen LogP contribution < -0.4 is 5.32 Å². The molecule has 2 aromatic rings. The maximum absolute atomic E-state index is 9.12. The van der Waals surface area contributed by atoms with Crippen molar-refractivity contribution < 1.29 is 0 Å². The van der Waals surface area contributed by atoms with Gasteiger partial charge in [-0.05, 0) is 36.8 Å². The number of nitriles is 2. The Kier molecular flexibility index (Phi) is 3.71. The summed E-state index contributed by atoms with van der Waals surface area (Å²) in [5.41, 5.74) is 3.24. The molecular weight excluding hydrogens is 258 g/mol. The molecule has 0 aliphatic heterocycles. The van der Waals surface area contributed by atoms with Crippen molar-refractivity contribution in [1.82, 2.24) is 0 Å². The normalized spacial score (nSPS) is 9.47. The zero-order valence-corrected chi connectivity index (χ0v) is 11.0. The third-order valence-corrected chi connectivity index (χ3v) is 2.99. The van der Waals surface area contributed by atoms with E-state index in [1.165, 1.54) is 0 Å². The topological polar surface area (TPSA) is 59.6 Å². The number of nitrogens with zero attached hydrogens (tertiary/aromatic N) is 2. The number of aryl methyl sites for hydroxylation is 1. The fraction of sp³-hybridized carbons (Fsp3) is 0.0667. The monoisotopic (exact) mass is 267 g/mol. The zero-order valence-electron chi connectivity index (χ0n) is 10.2. The number of nitrogens with one attached hydrogen (secondary N) is 1. The Morgan fingerprint density at radius 3 is 2.47 bits per heavy atom. The average molecular weight is 268 g/mol. The Morgan fingerprint density at radius 1 is 1.05 bits per heavy atom. The van der Waals surface area contributed by atoms with Gasteiger partial charge in [0.05, 0.1) is 22.5 Å². The smallest absolute Gasteiger partial charge is 0.101 e. The van der Waals surface area contributed by atoms with Crippen molar-refractivity contribution in [3.8, 4) is 12.1 Å². The van der Waals surface area contributed by atoms with Gasteiger partial charge < -0.3 is 5.32 Å². The third-order valence-electron chi connectivity index (χ3n) is 2.75. The lowest BCUT2D eigenvalue weighted by atomic mass is 10.1. The van der Waals surface area contributed by atoms with Crippen LogP contribution in [-0.4, -0.2) is 0 Å². The van der Waals surface area contributed by atoms with Gasteiger partial charge in [-0.15, -0.1) is 0 Å². The molecule has 19 heavy (non-hydrogen) atoms. The van der Waals surface area contributed by atoms with Gasteiger partial charge in [0, 0.05) is 5.02 Å². The van der Waals surface area contributed by atoms with Crippen molar-refractivity contribution >= 4 is 23.0 Å². The Bertz CT molecular complexity index is 708. The highest BCUT2D eigenvalue weighted by atomic mass is 35.5. The summed E-state index contributed by atoms with van der Waals surface area (Å²) in [5.74, 6) is 0. The molecule has 2 aromatic carbocycles. The molecule has 0 bridgehead atoms. The van der Waals surface area contributed by atoms with E-state index < -0.39 is 0 Å². The lowest BCUT2D eigenvalue weighted by Gasteiger charge is -2.12. The highest BCUT2D eigenvalue weighted by Crippen LogP contribution is 2.28. The van der Waals surface area contributed by atoms with Crippen LogP contribution in [0, 0.1) is 29.6 Å². The standard InChI is InChI=1S/C15H10ClN3/c1-10-3-2-4-12(9-18)15(10)19-14-7-13(16)6-5-11(14)8-17/h2-7,19H,1H3. The second-order valence-corrected chi connectivity index (χ2v) is 4.47. The van der Waals surface area contributed by atoms with Crippen LogP contribution in [0.4, 0.5) is 11.4 Å². The molecule has 92 valence electrons. The molecule has 0 aromatic heterocycles. The Balaban J connectivity index is 2.51. The molecule has 0 amide bonds. The summed E-state index contributed by atoms with van der Waals surface area (Å²) < 4.78 is 0. The van der Waals surface area contributed by atoms with Crippen molar-refractivity contribution in [2.24, 2.45) is 0 Å². The van der Waals surface area contributed by atoms with Crippen LogP contribution in [0.15, 0.2) is 36.4 Å². The molecular formula is C15H10ClN3. The molecule has 4 heteroatoms. The number of hydrogen-bond acceptors (Lipinski definition) is 3. The SMILES string of the molecule is Cc1cccc(C#N)c1Nc1cc(Cl)ccc1C#N. The summed E-state index contributed by atoms with van der Waals surface area (Å²) in [6.45, 7) is 1.90. The molecule has 0 aliphatic carbocycles. The first-order chi connectivity index (χ1) is 9.15. The van der Waals surface area contributed by atoms with Crippen LogP contribution in [0.3, 0.4) is 0 Å². The first-order valence-electron chi connectivity index (χ1n) is 5.62. The van der Waals surface area contributed by atoms with Crippen molar-refractivity contribution in [3.63, 3.8) is 0 Å². The predicted octanol–water partition coefficient (Wildman–Crippen LogP) is 4.14. The van der Waals surface area contributed by atoms with Gasteiger partial charge in [-0.25, -0.2) is 0 Å². The van der Waals surface area contributed by atoms with Gasteiger partial charge >= 0.3 is 0 Å². The number of hydrogen-bond donors (Lipinski definition) is 1. The minimum absolute atomic E-state index is 0.483. The molecule has 2 rings (SSSR count). The lowest BCUT2D eigenvalue weighted by Crippen LogP contribution is -1.98. The van der Waals surface area contributed by atoms with Crippen LogP contribution in [0.1, 0.15) is 16.7 Å². The molecule has 0 radical (unpaired) electrons. The van der Waals surface area contributed by atoms with Gasteiger partial charge in [-0.3, -0.25) is 0 Å². The molecule has 0 fully saturated rings. The van der Waals surface area contributed by atoms with Crippen LogP contribution in [0.25, 0.3) is 0 Å². The van der Waals surface area contributed by atoms with Gasteiger partial charge in [-0.2, -0.15) is 10.5 Å². The summed E-state index contributed by atoms with van der Waals surface area (Å²) in [5, 5.41) is 21.9. The highest BCUT2D eigenvalue weighted by molar-refractivity contribution is 6.30. The van der Waals surface area contributed by atoms with E-state index in [0.29, 0.717) is 27.5 Å². The molecule has 0 aliphatic rings. The molecule has 1 N–H and O–H groups in total. The molecule has 0 heterocycles. The van der Waals surface area contributed by atoms with Crippen molar-refractivity contribution in [2.75, 3.05) is 5.32 Å². The van der Waals surface area contributed by atoms with Gasteiger partial charge in [0.25, 0.3) is 0 Å². The second kappa shape index (κ2) is 5.44. The molecule has 3 nitrogen and oxygen atoms in total. The maximum atomic E-state index is 9.12. The van der Waals surface area contributed by atoms with Gasteiger partial charge in [0.15, 0.2) is 0 Å². The van der Waals surface area contributed by atoms with Gasteiger partial charge in [0.2, 0.25) is 0 Å². The van der Waals surface area contributed by atoms with E-state index in [1.54, 1.807) is 24.3 Å². The minimum atomic E-state index is 0.483. The number of rotatable bonds is 2. The Labute approximate surface area is 116 Å². The van der Waals surface area contributed by atoms with E-state index in [4.69, 9.17) is 22.1 Å². The van der Waals surface area contributed by atoms with E-state index in [9.17, 15) is 0 Å². The molecule has 0 spiro atoms. The predicted molar refractivity (Wildman–Crippen MR) is 75.3 cm³/mol. The Morgan fingerprint density at radius 2 is 1.79 bits per heavy atom. The van der Waals surface area contributed by atoms with E-state index in [0.717, 1.165) is 5.56 Å². The molecule has 0 saturated carbocycles. The number of anilines is 2. The molecule has 0 atom stereocenters. The largest absolute Gasteiger partial charge is 0.353 e. The molecule has 0 unspecified atom stereocenters. The quantitative estimate of drug-likeness (QED) is 0.890. The summed E-state index contributed by atoms with van der Waals surface area (Å²) in [4.78, 5) is 0. The third kappa shape index (κ3) is 2.68. The van der Waals surface area contributed by atoms with Crippen molar-refractivity contribution in [3.05, 3.63) is 58.1 Å². The zero-order chi connectivity index (χ0) is 13.8. The van der Waals surface area contributed by atoms with E-state index in [2.05, 4.69) is 17.5 Å². The summed E-state index contributed by atoms with van der Waals surface area (Å²) in [6, 6.07) is 14.7. The van der Waals surface area contributed by atoms with E-state index in [1.807, 2.05) is 19.1 Å². The van der Waals surface area contributed by atoms with Crippen LogP contribution in [0.2, 0.25) is 5.02 Å². The molecule has 0 saturated heterocycles. The first-order valence-corrected chi connectivity index (χ1v) is 6.00. The van der Waals surface area contributed by atoms with E-state index in [-0.39, 0.29) is 0 Å². The number of para-hydroxylation sites is 1. The average Bonchev–Trinajstić information content (AvgIpc) is 2.41. The van der Waals surface area contributed by atoms with Gasteiger partial charge in [-0.1, -0.05) is 23.7 Å². The number of halogens is 1. The summed E-state index contributed by atoms with van der Waals surface area (Å²) in [7, 11) is 0. The fourth-order valence-corrected chi connectivity index (χ4v) is 1.95. The lowest BCUT2D eigenvalue weighted by molar-refractivity contribution is 1.38. The van der Waals surface area contributed by atoms with Gasteiger partial charge in [0.1, 0.15) is 12.1 Å². The van der Waals surface area contributed by atoms with Crippen LogP contribution >= 0.6 is 11.6 Å². The van der Waals surface area contributed by atoms with Crippen LogP contribution in [-0.2, 0) is 0 Å². The van der Waals surface area contributed by atoms with E-state index >= 15 is 0 Å². The second-order valence-electron chi connectivity index (χ2n) is 4.04. The minimum Gasteiger partial charge on any atom is -0.353 e. The first kappa shape index (κ1) is 13.0. The Hall–Kier alpha value is -2.49.